The molecule has 0 amide bonds. The van der Waals surface area contributed by atoms with Gasteiger partial charge in [-0.3, -0.25) is 14.1 Å². The first kappa shape index (κ1) is 47.4. The molecule has 1 saturated carbocycles. The van der Waals surface area contributed by atoms with Crippen LogP contribution in [-0.2, 0) is 28.2 Å². The van der Waals surface area contributed by atoms with Crippen LogP contribution in [0.1, 0.15) is 156 Å². The summed E-state index contributed by atoms with van der Waals surface area (Å²) in [5, 5.41) is 31.2. The summed E-state index contributed by atoms with van der Waals surface area (Å²) in [6, 6.07) is 0. The van der Waals surface area contributed by atoms with Crippen LogP contribution in [-0.4, -0.2) is 74.7 Å². The van der Waals surface area contributed by atoms with E-state index in [4.69, 9.17) is 19.3 Å². The summed E-state index contributed by atoms with van der Waals surface area (Å²) >= 11 is 0. The number of hydrogen-bond donors (Lipinski definition) is 5. The Labute approximate surface area is 307 Å². The number of allylic oxidation sites excluding steroid dienone is 1. The lowest BCUT2D eigenvalue weighted by atomic mass is 9.89. The van der Waals surface area contributed by atoms with Gasteiger partial charge in [0, 0.05) is 18.8 Å². The van der Waals surface area contributed by atoms with Crippen LogP contribution in [0.15, 0.2) is 24.3 Å². The lowest BCUT2D eigenvalue weighted by Gasteiger charge is -2.20. The molecule has 1 aliphatic carbocycles. The quantitative estimate of drug-likeness (QED) is 0.0202. The van der Waals surface area contributed by atoms with Crippen molar-refractivity contribution in [3.63, 3.8) is 0 Å². The highest BCUT2D eigenvalue weighted by atomic mass is 31.2. The minimum atomic E-state index is -4.84. The molecule has 1 aliphatic rings. The molecule has 5 N–H and O–H groups in total. The van der Waals surface area contributed by atoms with Crippen LogP contribution in [0.25, 0.3) is 0 Å². The molecule has 12 heteroatoms. The van der Waals surface area contributed by atoms with E-state index in [1.54, 1.807) is 24.3 Å². The molecule has 1 rings (SSSR count). The smallest absolute Gasteiger partial charge is 0.462 e. The van der Waals surface area contributed by atoms with E-state index in [2.05, 4.69) is 25.3 Å². The predicted octanol–water partition coefficient (Wildman–Crippen LogP) is 7.86. The molecule has 0 aromatic carbocycles. The van der Waals surface area contributed by atoms with Gasteiger partial charge in [0.05, 0.1) is 31.3 Å². The second kappa shape index (κ2) is 28.9. The molecule has 6 atom stereocenters. The maximum Gasteiger partial charge on any atom is 0.469 e. The first-order valence-corrected chi connectivity index (χ1v) is 21.3. The zero-order valence-corrected chi connectivity index (χ0v) is 32.6. The van der Waals surface area contributed by atoms with E-state index in [9.17, 15) is 29.5 Å². The molecule has 0 spiro atoms. The lowest BCUT2D eigenvalue weighted by Crippen LogP contribution is -2.29. The topological polar surface area (TPSA) is 180 Å². The van der Waals surface area contributed by atoms with Gasteiger partial charge in [-0.05, 0) is 31.1 Å². The number of hydrogen-bond acceptors (Lipinski definition) is 9. The third-order valence-electron chi connectivity index (χ3n) is 9.50. The van der Waals surface area contributed by atoms with Gasteiger partial charge < -0.3 is 34.6 Å². The summed E-state index contributed by atoms with van der Waals surface area (Å²) in [5.41, 5.74) is 0. The molecule has 0 unspecified atom stereocenters. The van der Waals surface area contributed by atoms with E-state index >= 15 is 0 Å². The molecule has 0 heterocycles. The molecule has 0 radical (unpaired) electrons. The van der Waals surface area contributed by atoms with Crippen molar-refractivity contribution >= 4 is 19.8 Å². The van der Waals surface area contributed by atoms with E-state index in [0.29, 0.717) is 19.3 Å². The minimum absolute atomic E-state index is 0.166. The Kier molecular flexibility index (Phi) is 26.8. The summed E-state index contributed by atoms with van der Waals surface area (Å²) in [7, 11) is -4.84. The zero-order valence-electron chi connectivity index (χ0n) is 31.7. The average molecular weight is 747 g/mol. The van der Waals surface area contributed by atoms with Gasteiger partial charge in [0.15, 0.2) is 6.10 Å². The van der Waals surface area contributed by atoms with E-state index < -0.39 is 57.4 Å². The van der Waals surface area contributed by atoms with Gasteiger partial charge in [0.1, 0.15) is 6.61 Å². The van der Waals surface area contributed by atoms with Crippen molar-refractivity contribution in [1.82, 2.24) is 0 Å². The number of unbranched alkanes of at least 4 members (excludes halogenated alkanes) is 13. The van der Waals surface area contributed by atoms with Gasteiger partial charge in [0.25, 0.3) is 0 Å². The SMILES string of the molecule is CCCCC[C@@H](O)/C=C/[C@@H]1[C@H](C/C=C\CC(=O)O[C@H](COC(=O)CCCCCCCCCCCCCCC(C)C)COP(=O)(O)O)[C@@H](O)C[C@H]1O. The summed E-state index contributed by atoms with van der Waals surface area (Å²) in [6.07, 6.45) is 23.2. The maximum absolute atomic E-state index is 12.5. The number of aliphatic hydroxyl groups is 3. The maximum atomic E-state index is 12.5. The highest BCUT2D eigenvalue weighted by molar-refractivity contribution is 7.46. The molecule has 11 nitrogen and oxygen atoms in total. The Morgan fingerprint density at radius 3 is 1.96 bits per heavy atom. The highest BCUT2D eigenvalue weighted by Crippen LogP contribution is 2.37. The van der Waals surface area contributed by atoms with Crippen LogP contribution in [0.3, 0.4) is 0 Å². The monoisotopic (exact) mass is 746 g/mol. The van der Waals surface area contributed by atoms with Gasteiger partial charge >= 0.3 is 19.8 Å². The van der Waals surface area contributed by atoms with E-state index in [1.807, 2.05) is 0 Å². The van der Waals surface area contributed by atoms with Crippen LogP contribution in [0, 0.1) is 17.8 Å². The number of phosphoric ester groups is 1. The van der Waals surface area contributed by atoms with Crippen molar-refractivity contribution in [2.24, 2.45) is 17.8 Å². The number of phosphoric acid groups is 1. The molecule has 0 aromatic rings. The Morgan fingerprint density at radius 2 is 1.37 bits per heavy atom. The summed E-state index contributed by atoms with van der Waals surface area (Å²) in [6.45, 7) is 5.61. The van der Waals surface area contributed by atoms with Crippen LogP contribution >= 0.6 is 7.82 Å². The van der Waals surface area contributed by atoms with Crippen molar-refractivity contribution in [2.45, 2.75) is 180 Å². The highest BCUT2D eigenvalue weighted by Gasteiger charge is 2.39. The van der Waals surface area contributed by atoms with Gasteiger partial charge in [0.2, 0.25) is 0 Å². The minimum Gasteiger partial charge on any atom is -0.462 e. The van der Waals surface area contributed by atoms with Crippen LogP contribution in [0.2, 0.25) is 0 Å². The lowest BCUT2D eigenvalue weighted by molar-refractivity contribution is -0.160. The van der Waals surface area contributed by atoms with Crippen molar-refractivity contribution in [3.8, 4) is 0 Å². The number of rotatable bonds is 31. The number of ether oxygens (including phenoxy) is 2. The van der Waals surface area contributed by atoms with Crippen molar-refractivity contribution < 1.29 is 53.3 Å². The summed E-state index contributed by atoms with van der Waals surface area (Å²) in [4.78, 5) is 43.0. The largest absolute Gasteiger partial charge is 0.469 e. The number of aliphatic hydroxyl groups excluding tert-OH is 3. The standard InChI is InChI=1S/C39H71O11P/c1-4-5-16-22-32(40)26-27-35-34(36(41)28-37(35)42)23-19-20-25-39(44)50-33(30-49-51(45,46)47)29-48-38(43)24-18-15-13-11-9-7-6-8-10-12-14-17-21-31(2)3/h19-20,26-27,31-37,40-42H,4-18,21-25,28-30H2,1-3H3,(H2,45,46,47)/b20-19-,27-26+/t32-,33-,34+,35-,36+,37-/m1/s1. The molecule has 1 fully saturated rings. The fourth-order valence-corrected chi connectivity index (χ4v) is 6.83. The van der Waals surface area contributed by atoms with E-state index in [0.717, 1.165) is 44.4 Å². The van der Waals surface area contributed by atoms with E-state index in [-0.39, 0.29) is 31.1 Å². The fourth-order valence-electron chi connectivity index (χ4n) is 6.47. The third kappa shape index (κ3) is 25.9. The Morgan fingerprint density at radius 1 is 0.784 bits per heavy atom. The van der Waals surface area contributed by atoms with Crippen molar-refractivity contribution in [2.75, 3.05) is 13.2 Å². The number of carbonyl (C=O) groups is 2. The van der Waals surface area contributed by atoms with Crippen molar-refractivity contribution in [3.05, 3.63) is 24.3 Å². The number of esters is 2. The molecular weight excluding hydrogens is 675 g/mol. The second-order valence-electron chi connectivity index (χ2n) is 14.7. The first-order valence-electron chi connectivity index (χ1n) is 19.7. The molecule has 0 aromatic heterocycles. The zero-order chi connectivity index (χ0) is 37.9. The Bertz CT molecular complexity index is 1010. The number of carbonyl (C=O) groups excluding carboxylic acids is 2. The molecule has 0 aliphatic heterocycles. The van der Waals surface area contributed by atoms with Gasteiger partial charge in [-0.2, -0.15) is 0 Å². The summed E-state index contributed by atoms with van der Waals surface area (Å²) < 4.78 is 26.3. The van der Waals surface area contributed by atoms with Gasteiger partial charge in [-0.25, -0.2) is 4.57 Å². The predicted molar refractivity (Wildman–Crippen MR) is 200 cm³/mol. The van der Waals surface area contributed by atoms with Crippen LogP contribution in [0.4, 0.5) is 0 Å². The van der Waals surface area contributed by atoms with Crippen LogP contribution < -0.4 is 0 Å². The van der Waals surface area contributed by atoms with Gasteiger partial charge in [-0.15, -0.1) is 0 Å². The third-order valence-corrected chi connectivity index (χ3v) is 9.99. The summed E-state index contributed by atoms with van der Waals surface area (Å²) in [5.74, 6) is -1.01. The van der Waals surface area contributed by atoms with Crippen molar-refractivity contribution in [1.29, 1.82) is 0 Å². The molecule has 298 valence electrons. The Hall–Kier alpha value is -1.59. The average Bonchev–Trinajstić information content (AvgIpc) is 3.33. The normalized spacial score (nSPS) is 20.8. The van der Waals surface area contributed by atoms with Gasteiger partial charge in [-0.1, -0.05) is 141 Å². The molecule has 51 heavy (non-hydrogen) atoms. The second-order valence-corrected chi connectivity index (χ2v) is 16.0. The first-order chi connectivity index (χ1) is 24.3. The molecule has 0 saturated heterocycles. The fraction of sp³-hybridized carbons (Fsp3) is 0.846. The Balaban J connectivity index is 2.36. The van der Waals surface area contributed by atoms with E-state index in [1.165, 1.54) is 57.8 Å². The molecule has 0 bridgehead atoms. The van der Waals surface area contributed by atoms with Crippen LogP contribution in [0.5, 0.6) is 0 Å². The molecular formula is C39H71O11P.